The van der Waals surface area contributed by atoms with Gasteiger partial charge in [-0.05, 0) is 74.0 Å². The average Bonchev–Trinajstić information content (AvgIpc) is 3.62. The number of oxazole rings is 1. The van der Waals surface area contributed by atoms with Crippen molar-refractivity contribution >= 4 is 17.2 Å². The molecule has 35 heavy (non-hydrogen) atoms. The highest BCUT2D eigenvalue weighted by molar-refractivity contribution is 5.69. The Balaban J connectivity index is 1.26. The smallest absolute Gasteiger partial charge is 0.297 e. The van der Waals surface area contributed by atoms with E-state index in [0.717, 1.165) is 25.3 Å². The highest BCUT2D eigenvalue weighted by atomic mass is 16.5. The first-order valence-corrected chi connectivity index (χ1v) is 12.6. The zero-order valence-electron chi connectivity index (χ0n) is 20.4. The van der Waals surface area contributed by atoms with Crippen LogP contribution in [0.5, 0.6) is 5.75 Å². The summed E-state index contributed by atoms with van der Waals surface area (Å²) in [6.45, 7) is 4.77. The number of aryl methyl sites for hydroxylation is 1. The second-order valence-electron chi connectivity index (χ2n) is 10.1. The van der Waals surface area contributed by atoms with E-state index in [4.69, 9.17) is 9.15 Å². The van der Waals surface area contributed by atoms with Crippen LogP contribution in [0.4, 0.5) is 6.01 Å². The fourth-order valence-corrected chi connectivity index (χ4v) is 5.46. The maximum absolute atomic E-state index is 6.53. The number of anilines is 1. The molecule has 0 bridgehead atoms. The van der Waals surface area contributed by atoms with E-state index in [1.165, 1.54) is 35.1 Å². The second-order valence-corrected chi connectivity index (χ2v) is 10.1. The van der Waals surface area contributed by atoms with Crippen LogP contribution in [0, 0.1) is 6.92 Å². The van der Waals surface area contributed by atoms with Crippen LogP contribution in [-0.4, -0.2) is 41.0 Å². The quantitative estimate of drug-likeness (QED) is 0.365. The van der Waals surface area contributed by atoms with Gasteiger partial charge in [0.1, 0.15) is 12.4 Å². The Kier molecular flexibility index (Phi) is 5.90. The fraction of sp³-hybridized carbons (Fsp3) is 0.379. The minimum absolute atomic E-state index is 0.219. The molecule has 0 amide bonds. The first-order valence-electron chi connectivity index (χ1n) is 12.6. The monoisotopic (exact) mass is 468 g/mol. The van der Waals surface area contributed by atoms with Gasteiger partial charge in [0.2, 0.25) is 5.65 Å². The third kappa shape index (κ3) is 4.89. The molecule has 1 saturated heterocycles. The Hall–Kier alpha value is -3.38. The first kappa shape index (κ1) is 22.1. The summed E-state index contributed by atoms with van der Waals surface area (Å²) in [5.41, 5.74) is 6.63. The largest absolute Gasteiger partial charge is 0.489 e. The summed E-state index contributed by atoms with van der Waals surface area (Å²) in [7, 11) is 2.19. The molecule has 0 radical (unpaired) electrons. The number of likely N-dealkylation sites (tertiary alicyclic amines) is 1. The van der Waals surface area contributed by atoms with Gasteiger partial charge in [-0.25, -0.2) is 4.98 Å². The van der Waals surface area contributed by atoms with Crippen LogP contribution in [-0.2, 0) is 6.61 Å². The third-order valence-corrected chi connectivity index (χ3v) is 7.19. The molecule has 1 aliphatic heterocycles. The molecule has 2 aromatic heterocycles. The number of benzene rings is 2. The number of ether oxygens (including phenoxy) is 1. The highest BCUT2D eigenvalue weighted by Crippen LogP contribution is 2.45. The normalized spacial score (nSPS) is 20.7. The molecule has 2 aliphatic rings. The van der Waals surface area contributed by atoms with E-state index in [2.05, 4.69) is 70.6 Å². The summed E-state index contributed by atoms with van der Waals surface area (Å²) >= 11 is 0. The van der Waals surface area contributed by atoms with Crippen molar-refractivity contribution in [3.63, 3.8) is 0 Å². The Morgan fingerprint density at radius 3 is 2.71 bits per heavy atom. The Morgan fingerprint density at radius 1 is 1.06 bits per heavy atom. The van der Waals surface area contributed by atoms with Gasteiger partial charge in [-0.2, -0.15) is 4.98 Å². The van der Waals surface area contributed by atoms with E-state index in [-0.39, 0.29) is 6.04 Å². The Bertz CT molecular complexity index is 1280. The number of hydrogen-bond donors (Lipinski definition) is 1. The number of likely N-dealkylation sites (N-methyl/N-ethyl adjacent to an activating group) is 1. The molecule has 1 saturated carbocycles. The van der Waals surface area contributed by atoms with Gasteiger partial charge in [-0.1, -0.05) is 36.4 Å². The number of nitrogens with zero attached hydrogens (tertiary/aromatic N) is 3. The van der Waals surface area contributed by atoms with E-state index in [9.17, 15) is 0 Å². The van der Waals surface area contributed by atoms with Gasteiger partial charge < -0.3 is 19.4 Å². The molecule has 2 atom stereocenters. The van der Waals surface area contributed by atoms with Crippen molar-refractivity contribution in [1.29, 1.82) is 0 Å². The molecule has 1 unspecified atom stereocenters. The van der Waals surface area contributed by atoms with Crippen molar-refractivity contribution in [2.24, 2.45) is 0 Å². The minimum atomic E-state index is 0.219. The van der Waals surface area contributed by atoms with Gasteiger partial charge in [0.15, 0.2) is 5.58 Å². The molecule has 1 N–H and O–H groups in total. The average molecular weight is 469 g/mol. The van der Waals surface area contributed by atoms with Crippen LogP contribution in [0.2, 0.25) is 0 Å². The van der Waals surface area contributed by atoms with E-state index < -0.39 is 0 Å². The molecule has 6 nitrogen and oxygen atoms in total. The van der Waals surface area contributed by atoms with Crippen molar-refractivity contribution in [3.8, 4) is 5.75 Å². The number of fused-ring (bicyclic) bond motifs is 1. The van der Waals surface area contributed by atoms with Crippen molar-refractivity contribution in [2.45, 2.75) is 50.7 Å². The molecular weight excluding hydrogens is 436 g/mol. The second kappa shape index (κ2) is 9.34. The molecule has 6 heteroatoms. The number of aromatic nitrogens is 2. The van der Waals surface area contributed by atoms with Crippen LogP contribution in [0.3, 0.4) is 0 Å². The number of hydrogen-bond acceptors (Lipinski definition) is 6. The lowest BCUT2D eigenvalue weighted by Crippen LogP contribution is -2.43. The van der Waals surface area contributed by atoms with Crippen molar-refractivity contribution in [2.75, 3.05) is 25.5 Å². The van der Waals surface area contributed by atoms with Crippen molar-refractivity contribution in [1.82, 2.24) is 14.9 Å². The number of piperidine rings is 1. The van der Waals surface area contributed by atoms with E-state index in [1.807, 2.05) is 18.2 Å². The third-order valence-electron chi connectivity index (χ3n) is 7.19. The zero-order valence-corrected chi connectivity index (χ0v) is 20.4. The maximum Gasteiger partial charge on any atom is 0.297 e. The van der Waals surface area contributed by atoms with Gasteiger partial charge in [0, 0.05) is 36.8 Å². The molecule has 4 aromatic rings. The standard InChI is InChI=1S/C29H32N4O2/c1-19-13-22(21-10-11-21)15-26(34-18-20-7-4-3-5-8-20)27(19)23-14-24(17-33(2)16-23)31-29-32-28-25(35-29)9-6-12-30-28/h3-9,12-13,15,21,23-24H,10-11,14,16-18H2,1-2H3,(H,30,31,32)/t23?,24-/m1/s1. The summed E-state index contributed by atoms with van der Waals surface area (Å²) in [4.78, 5) is 11.2. The van der Waals surface area contributed by atoms with Crippen LogP contribution in [0.1, 0.15) is 53.4 Å². The van der Waals surface area contributed by atoms with Crippen molar-refractivity contribution < 1.29 is 9.15 Å². The van der Waals surface area contributed by atoms with Gasteiger partial charge in [-0.15, -0.1) is 0 Å². The Labute approximate surface area is 206 Å². The highest BCUT2D eigenvalue weighted by Gasteiger charge is 2.32. The van der Waals surface area contributed by atoms with Crippen LogP contribution in [0.25, 0.3) is 11.2 Å². The fourth-order valence-electron chi connectivity index (χ4n) is 5.46. The van der Waals surface area contributed by atoms with E-state index in [0.29, 0.717) is 35.7 Å². The summed E-state index contributed by atoms with van der Waals surface area (Å²) < 4.78 is 12.4. The van der Waals surface area contributed by atoms with Crippen LogP contribution < -0.4 is 10.1 Å². The van der Waals surface area contributed by atoms with Gasteiger partial charge in [0.25, 0.3) is 6.01 Å². The van der Waals surface area contributed by atoms with Crippen LogP contribution >= 0.6 is 0 Å². The molecule has 0 spiro atoms. The maximum atomic E-state index is 6.53. The van der Waals surface area contributed by atoms with E-state index in [1.54, 1.807) is 6.20 Å². The first-order chi connectivity index (χ1) is 17.1. The van der Waals surface area contributed by atoms with Gasteiger partial charge >= 0.3 is 0 Å². The number of rotatable bonds is 7. The summed E-state index contributed by atoms with van der Waals surface area (Å²) in [6.07, 6.45) is 5.30. The van der Waals surface area contributed by atoms with Gasteiger partial charge in [0.05, 0.1) is 0 Å². The lowest BCUT2D eigenvalue weighted by molar-refractivity contribution is 0.227. The number of pyridine rings is 1. The number of nitrogens with one attached hydrogen (secondary N) is 1. The predicted molar refractivity (Wildman–Crippen MR) is 138 cm³/mol. The Morgan fingerprint density at radius 2 is 1.91 bits per heavy atom. The SMILES string of the molecule is Cc1cc(C2CC2)cc(OCc2ccccc2)c1C1C[C@@H](Nc2nc3ncccc3o2)CN(C)C1. The molecule has 1 aliphatic carbocycles. The minimum Gasteiger partial charge on any atom is -0.489 e. The topological polar surface area (TPSA) is 63.4 Å². The molecule has 180 valence electrons. The predicted octanol–water partition coefficient (Wildman–Crippen LogP) is 5.89. The summed E-state index contributed by atoms with van der Waals surface area (Å²) in [5.74, 6) is 2.09. The lowest BCUT2D eigenvalue weighted by atomic mass is 9.84. The molecular formula is C29H32N4O2. The van der Waals surface area contributed by atoms with Crippen LogP contribution in [0.15, 0.2) is 65.2 Å². The zero-order chi connectivity index (χ0) is 23.8. The molecule has 6 rings (SSSR count). The molecule has 2 aromatic carbocycles. The summed E-state index contributed by atoms with van der Waals surface area (Å²) in [6, 6.07) is 19.7. The molecule has 2 fully saturated rings. The lowest BCUT2D eigenvalue weighted by Gasteiger charge is -2.37. The van der Waals surface area contributed by atoms with Crippen molar-refractivity contribution in [3.05, 3.63) is 83.0 Å². The molecule has 3 heterocycles. The summed E-state index contributed by atoms with van der Waals surface area (Å²) in [5, 5.41) is 3.54. The van der Waals surface area contributed by atoms with E-state index >= 15 is 0 Å². The van der Waals surface area contributed by atoms with Gasteiger partial charge in [-0.3, -0.25) is 0 Å².